The highest BCUT2D eigenvalue weighted by molar-refractivity contribution is 7.15. The number of halogens is 1. The number of carbonyl (C=O) groups is 1. The van der Waals surface area contributed by atoms with Gasteiger partial charge in [0.25, 0.3) is 5.56 Å². The molecule has 0 aliphatic carbocycles. The number of thiophene rings is 2. The van der Waals surface area contributed by atoms with Crippen molar-refractivity contribution in [1.29, 1.82) is 0 Å². The lowest BCUT2D eigenvalue weighted by molar-refractivity contribution is -0.122. The second kappa shape index (κ2) is 8.73. The molecular weight excluding hydrogens is 421 g/mol. The number of hydrogen-bond acceptors (Lipinski definition) is 5. The smallest absolute Gasteiger partial charge is 0.267 e. The minimum Gasteiger partial charge on any atom is -0.343 e. The van der Waals surface area contributed by atoms with Gasteiger partial charge in [-0.2, -0.15) is 5.10 Å². The van der Waals surface area contributed by atoms with Crippen LogP contribution in [0.5, 0.6) is 0 Å². The third kappa shape index (κ3) is 4.55. The summed E-state index contributed by atoms with van der Waals surface area (Å²) in [6.45, 7) is 1.79. The van der Waals surface area contributed by atoms with E-state index in [1.54, 1.807) is 29.5 Å². The molecule has 0 bridgehead atoms. The first-order chi connectivity index (χ1) is 14.5. The van der Waals surface area contributed by atoms with Gasteiger partial charge in [-0.1, -0.05) is 18.2 Å². The van der Waals surface area contributed by atoms with Gasteiger partial charge in [0, 0.05) is 15.8 Å². The van der Waals surface area contributed by atoms with E-state index in [0.717, 1.165) is 24.9 Å². The first-order valence-corrected chi connectivity index (χ1v) is 10.9. The Bertz CT molecular complexity index is 1210. The fourth-order valence-corrected chi connectivity index (χ4v) is 4.67. The Hall–Kier alpha value is -3.10. The van der Waals surface area contributed by atoms with Crippen molar-refractivity contribution < 1.29 is 9.18 Å². The van der Waals surface area contributed by atoms with E-state index in [1.165, 1.54) is 29.5 Å². The van der Waals surface area contributed by atoms with Gasteiger partial charge in [0.15, 0.2) is 0 Å². The van der Waals surface area contributed by atoms with E-state index in [-0.39, 0.29) is 23.8 Å². The maximum Gasteiger partial charge on any atom is 0.267 e. The van der Waals surface area contributed by atoms with E-state index >= 15 is 0 Å². The van der Waals surface area contributed by atoms with Gasteiger partial charge in [0.05, 0.1) is 10.9 Å². The molecule has 1 atom stereocenters. The molecule has 1 N–H and O–H groups in total. The summed E-state index contributed by atoms with van der Waals surface area (Å²) < 4.78 is 14.5. The number of hydrogen-bond donors (Lipinski definition) is 1. The molecule has 0 spiro atoms. The van der Waals surface area contributed by atoms with Gasteiger partial charge in [-0.25, -0.2) is 9.07 Å². The Balaban J connectivity index is 1.57. The van der Waals surface area contributed by atoms with E-state index in [4.69, 9.17) is 0 Å². The summed E-state index contributed by atoms with van der Waals surface area (Å²) in [5.74, 6) is -0.696. The van der Waals surface area contributed by atoms with Crippen LogP contribution in [-0.2, 0) is 11.3 Å². The maximum absolute atomic E-state index is 13.3. The molecule has 1 amide bonds. The summed E-state index contributed by atoms with van der Waals surface area (Å²) in [6.07, 6.45) is 0. The Morgan fingerprint density at radius 3 is 2.60 bits per heavy atom. The predicted molar refractivity (Wildman–Crippen MR) is 117 cm³/mol. The molecule has 4 aromatic rings. The number of aryl methyl sites for hydroxylation is 1. The number of nitrogens with zero attached hydrogens (tertiary/aromatic N) is 2. The minimum absolute atomic E-state index is 0.208. The van der Waals surface area contributed by atoms with Gasteiger partial charge in [0.1, 0.15) is 18.1 Å². The number of amides is 1. The molecule has 0 aliphatic rings. The molecule has 4 rings (SSSR count). The summed E-state index contributed by atoms with van der Waals surface area (Å²) in [5.41, 5.74) is 1.06. The van der Waals surface area contributed by atoms with Crippen LogP contribution in [0, 0.1) is 12.7 Å². The first kappa shape index (κ1) is 20.2. The summed E-state index contributed by atoms with van der Waals surface area (Å²) in [7, 11) is 0. The summed E-state index contributed by atoms with van der Waals surface area (Å²) in [5, 5.41) is 9.22. The van der Waals surface area contributed by atoms with Crippen molar-refractivity contribution in [3.05, 3.63) is 97.5 Å². The molecule has 152 valence electrons. The third-order valence-corrected chi connectivity index (χ3v) is 6.45. The van der Waals surface area contributed by atoms with Gasteiger partial charge in [-0.15, -0.1) is 22.7 Å². The molecule has 1 unspecified atom stereocenters. The molecule has 0 radical (unpaired) electrons. The number of nitrogens with one attached hydrogen (secondary N) is 1. The monoisotopic (exact) mass is 439 g/mol. The maximum atomic E-state index is 13.3. The van der Waals surface area contributed by atoms with Crippen molar-refractivity contribution in [2.45, 2.75) is 19.5 Å². The summed E-state index contributed by atoms with van der Waals surface area (Å²) in [4.78, 5) is 28.0. The van der Waals surface area contributed by atoms with Crippen molar-refractivity contribution in [2.24, 2.45) is 0 Å². The number of aromatic nitrogens is 2. The molecule has 5 nitrogen and oxygen atoms in total. The van der Waals surface area contributed by atoms with E-state index in [9.17, 15) is 14.0 Å². The standard InChI is InChI=1S/C22H18FN3O2S2/c1-14-4-10-18(30-14)17-9-11-21(28)26(25-17)13-20(27)24-22(19-3-2-12-29-19)15-5-7-16(23)8-6-15/h2-12,22H,13H2,1H3,(H,24,27). The van der Waals surface area contributed by atoms with Crippen molar-refractivity contribution in [2.75, 3.05) is 0 Å². The molecule has 0 fully saturated rings. The largest absolute Gasteiger partial charge is 0.343 e. The lowest BCUT2D eigenvalue weighted by Crippen LogP contribution is -2.35. The predicted octanol–water partition coefficient (Wildman–Crippen LogP) is 4.39. The Kier molecular flexibility index (Phi) is 5.87. The molecule has 0 saturated carbocycles. The van der Waals surface area contributed by atoms with Gasteiger partial charge >= 0.3 is 0 Å². The van der Waals surface area contributed by atoms with Crippen LogP contribution in [0.3, 0.4) is 0 Å². The Morgan fingerprint density at radius 1 is 1.13 bits per heavy atom. The lowest BCUT2D eigenvalue weighted by Gasteiger charge is -2.18. The second-order valence-corrected chi connectivity index (χ2v) is 8.96. The van der Waals surface area contributed by atoms with E-state index in [0.29, 0.717) is 5.69 Å². The van der Waals surface area contributed by atoms with Crippen LogP contribution in [0.25, 0.3) is 10.6 Å². The number of benzene rings is 1. The van der Waals surface area contributed by atoms with Crippen molar-refractivity contribution >= 4 is 28.6 Å². The quantitative estimate of drug-likeness (QED) is 0.485. The van der Waals surface area contributed by atoms with Gasteiger partial charge < -0.3 is 5.32 Å². The molecule has 1 aromatic carbocycles. The number of carbonyl (C=O) groups excluding carboxylic acids is 1. The highest BCUT2D eigenvalue weighted by Crippen LogP contribution is 2.27. The second-order valence-electron chi connectivity index (χ2n) is 6.69. The molecule has 3 aromatic heterocycles. The van der Waals surface area contributed by atoms with Crippen LogP contribution in [0.1, 0.15) is 21.4 Å². The van der Waals surface area contributed by atoms with Crippen molar-refractivity contribution in [1.82, 2.24) is 15.1 Å². The SMILES string of the molecule is Cc1ccc(-c2ccc(=O)n(CC(=O)NC(c3ccc(F)cc3)c3cccs3)n2)s1. The minimum atomic E-state index is -0.433. The Morgan fingerprint density at radius 2 is 1.93 bits per heavy atom. The summed E-state index contributed by atoms with van der Waals surface area (Å²) in [6, 6.07) is 16.4. The highest BCUT2D eigenvalue weighted by atomic mass is 32.1. The average Bonchev–Trinajstić information content (AvgIpc) is 3.41. The van der Waals surface area contributed by atoms with Crippen LogP contribution in [0.2, 0.25) is 0 Å². The van der Waals surface area contributed by atoms with Crippen LogP contribution in [-0.4, -0.2) is 15.7 Å². The molecule has 0 saturated heterocycles. The van der Waals surface area contributed by atoms with Crippen LogP contribution < -0.4 is 10.9 Å². The fraction of sp³-hybridized carbons (Fsp3) is 0.136. The third-order valence-electron chi connectivity index (χ3n) is 4.49. The highest BCUT2D eigenvalue weighted by Gasteiger charge is 2.19. The van der Waals surface area contributed by atoms with E-state index < -0.39 is 6.04 Å². The van der Waals surface area contributed by atoms with Crippen LogP contribution in [0.15, 0.2) is 70.8 Å². The van der Waals surface area contributed by atoms with Crippen LogP contribution in [0.4, 0.5) is 4.39 Å². The van der Waals surface area contributed by atoms with Gasteiger partial charge in [0.2, 0.25) is 5.91 Å². The van der Waals surface area contributed by atoms with Gasteiger partial charge in [-0.05, 0) is 54.3 Å². The molecule has 8 heteroatoms. The zero-order valence-corrected chi connectivity index (χ0v) is 17.7. The molecule has 30 heavy (non-hydrogen) atoms. The lowest BCUT2D eigenvalue weighted by atomic mass is 10.1. The van der Waals surface area contributed by atoms with Crippen LogP contribution >= 0.6 is 22.7 Å². The van der Waals surface area contributed by atoms with E-state index in [2.05, 4.69) is 10.4 Å². The molecular formula is C22H18FN3O2S2. The molecule has 3 heterocycles. The fourth-order valence-electron chi connectivity index (χ4n) is 3.04. The van der Waals surface area contributed by atoms with Crippen molar-refractivity contribution in [3.8, 4) is 10.6 Å². The topological polar surface area (TPSA) is 64.0 Å². The first-order valence-electron chi connectivity index (χ1n) is 9.23. The number of rotatable bonds is 6. The average molecular weight is 440 g/mol. The van der Waals surface area contributed by atoms with Gasteiger partial charge in [-0.3, -0.25) is 9.59 Å². The Labute approximate surface area is 180 Å². The van der Waals surface area contributed by atoms with E-state index in [1.807, 2.05) is 36.6 Å². The molecule has 0 aliphatic heterocycles. The normalized spacial score (nSPS) is 11.9. The van der Waals surface area contributed by atoms with Crippen molar-refractivity contribution in [3.63, 3.8) is 0 Å². The zero-order chi connectivity index (χ0) is 21.1. The summed E-state index contributed by atoms with van der Waals surface area (Å²) >= 11 is 3.07. The zero-order valence-electron chi connectivity index (χ0n) is 16.0.